The molecule has 5 atom stereocenters. The van der Waals surface area contributed by atoms with Gasteiger partial charge in [0.1, 0.15) is 12.1 Å². The van der Waals surface area contributed by atoms with E-state index in [1.165, 1.54) is 32.0 Å². The van der Waals surface area contributed by atoms with E-state index in [2.05, 4.69) is 35.9 Å². The number of aliphatic hydroxyl groups is 1. The molecule has 11 N–H and O–H groups in total. The van der Waals surface area contributed by atoms with Crippen molar-refractivity contribution in [2.75, 3.05) is 6.54 Å². The summed E-state index contributed by atoms with van der Waals surface area (Å²) in [5.41, 5.74) is 12.7. The SMILES string of the molecule is CC(O)C(NC(=O)C(Cc1cnc[nH]1)NC(=O)C(CCCCN)NC(=O)C(N)Cc1cnc[nH]1)C(=O)O. The third-order valence-corrected chi connectivity index (χ3v) is 5.57. The van der Waals surface area contributed by atoms with Crippen LogP contribution < -0.4 is 27.4 Å². The second-order valence-corrected chi connectivity index (χ2v) is 8.64. The van der Waals surface area contributed by atoms with Crippen LogP contribution in [0.4, 0.5) is 0 Å². The summed E-state index contributed by atoms with van der Waals surface area (Å²) in [5, 5.41) is 26.5. The van der Waals surface area contributed by atoms with Gasteiger partial charge in [0, 0.05) is 36.6 Å². The summed E-state index contributed by atoms with van der Waals surface area (Å²) in [6.45, 7) is 1.61. The van der Waals surface area contributed by atoms with Crippen molar-refractivity contribution >= 4 is 23.7 Å². The maximum Gasteiger partial charge on any atom is 0.328 e. The predicted molar refractivity (Wildman–Crippen MR) is 131 cm³/mol. The number of aromatic amines is 2. The quantitative estimate of drug-likeness (QED) is 0.103. The maximum atomic E-state index is 13.2. The summed E-state index contributed by atoms with van der Waals surface area (Å²) in [4.78, 5) is 63.8. The van der Waals surface area contributed by atoms with Crippen molar-refractivity contribution in [1.29, 1.82) is 0 Å². The zero-order valence-electron chi connectivity index (χ0n) is 20.5. The first-order chi connectivity index (χ1) is 17.6. The molecule has 0 aromatic carbocycles. The van der Waals surface area contributed by atoms with E-state index in [-0.39, 0.29) is 19.3 Å². The van der Waals surface area contributed by atoms with Crippen LogP contribution >= 0.6 is 0 Å². The van der Waals surface area contributed by atoms with E-state index >= 15 is 0 Å². The van der Waals surface area contributed by atoms with E-state index in [0.29, 0.717) is 30.8 Å². The number of aliphatic carboxylic acids is 1. The number of imidazole rings is 2. The van der Waals surface area contributed by atoms with Gasteiger partial charge in [-0.15, -0.1) is 0 Å². The molecule has 0 spiro atoms. The Bertz CT molecular complexity index is 996. The summed E-state index contributed by atoms with van der Waals surface area (Å²) < 4.78 is 0. The van der Waals surface area contributed by atoms with Gasteiger partial charge in [-0.25, -0.2) is 14.8 Å². The Labute approximate surface area is 213 Å². The molecule has 0 aliphatic heterocycles. The Kier molecular flexibility index (Phi) is 11.7. The minimum Gasteiger partial charge on any atom is -0.480 e. The molecule has 3 amide bonds. The minimum absolute atomic E-state index is 0.0491. The van der Waals surface area contributed by atoms with E-state index in [0.717, 1.165) is 0 Å². The predicted octanol–water partition coefficient (Wildman–Crippen LogP) is -2.71. The first-order valence-corrected chi connectivity index (χ1v) is 11.8. The average Bonchev–Trinajstić information content (AvgIpc) is 3.55. The van der Waals surface area contributed by atoms with Gasteiger partial charge < -0.3 is 47.6 Å². The van der Waals surface area contributed by atoms with Gasteiger partial charge in [0.2, 0.25) is 17.7 Å². The van der Waals surface area contributed by atoms with Crippen molar-refractivity contribution in [3.63, 3.8) is 0 Å². The molecule has 204 valence electrons. The Morgan fingerprint density at radius 3 is 2.00 bits per heavy atom. The number of carbonyl (C=O) groups is 4. The number of carboxylic acid groups (broad SMARTS) is 1. The van der Waals surface area contributed by atoms with Gasteiger partial charge in [-0.05, 0) is 32.7 Å². The van der Waals surface area contributed by atoms with E-state index < -0.39 is 54.0 Å². The molecule has 0 aliphatic carbocycles. The first kappa shape index (κ1) is 29.4. The fraction of sp³-hybridized carbons (Fsp3) is 0.545. The zero-order chi connectivity index (χ0) is 27.4. The molecule has 0 radical (unpaired) electrons. The number of nitrogens with one attached hydrogen (secondary N) is 5. The normalized spacial score (nSPS) is 15.1. The monoisotopic (exact) mass is 521 g/mol. The lowest BCUT2D eigenvalue weighted by atomic mass is 10.0. The molecule has 5 unspecified atom stereocenters. The molecule has 2 aromatic rings. The number of H-pyrrole nitrogens is 2. The molecular formula is C22H35N9O6. The molecule has 0 bridgehead atoms. The number of unbranched alkanes of at least 4 members (excludes halogenated alkanes) is 1. The molecule has 0 aliphatic rings. The van der Waals surface area contributed by atoms with Crippen LogP contribution in [0.2, 0.25) is 0 Å². The second-order valence-electron chi connectivity index (χ2n) is 8.64. The van der Waals surface area contributed by atoms with Crippen LogP contribution in [0, 0.1) is 0 Å². The lowest BCUT2D eigenvalue weighted by Gasteiger charge is -2.25. The molecule has 0 saturated heterocycles. The molecule has 2 rings (SSSR count). The average molecular weight is 522 g/mol. The van der Waals surface area contributed by atoms with Crippen LogP contribution in [0.3, 0.4) is 0 Å². The van der Waals surface area contributed by atoms with Gasteiger partial charge in [0.25, 0.3) is 0 Å². The summed E-state index contributed by atoms with van der Waals surface area (Å²) >= 11 is 0. The number of nitrogens with two attached hydrogens (primary N) is 2. The molecule has 0 fully saturated rings. The Balaban J connectivity index is 2.16. The minimum atomic E-state index is -1.59. The summed E-state index contributed by atoms with van der Waals surface area (Å²) in [7, 11) is 0. The van der Waals surface area contributed by atoms with Crippen LogP contribution in [0.1, 0.15) is 37.6 Å². The summed E-state index contributed by atoms with van der Waals surface area (Å²) in [6, 6.07) is -4.82. The van der Waals surface area contributed by atoms with Crippen LogP contribution in [-0.2, 0) is 32.0 Å². The number of hydrogen-bond acceptors (Lipinski definition) is 9. The standard InChI is InChI=1S/C22H35N9O6/c1-12(32)18(22(36)37)31-21(35)17(7-14-9-26-11-28-14)30-20(34)16(4-2-3-5-23)29-19(33)15(24)6-13-8-25-10-27-13/h8-12,15-18,32H,2-7,23-24H2,1H3,(H,25,27)(H,26,28)(H,29,33)(H,30,34)(H,31,35)(H,36,37). The Morgan fingerprint density at radius 2 is 1.49 bits per heavy atom. The number of aromatic nitrogens is 4. The highest BCUT2D eigenvalue weighted by Crippen LogP contribution is 2.06. The van der Waals surface area contributed by atoms with Gasteiger partial charge in [-0.3, -0.25) is 14.4 Å². The third-order valence-electron chi connectivity index (χ3n) is 5.57. The number of carboxylic acids is 1. The van der Waals surface area contributed by atoms with Crippen molar-refractivity contribution in [2.24, 2.45) is 11.5 Å². The summed E-state index contributed by atoms with van der Waals surface area (Å²) in [5.74, 6) is -3.51. The van der Waals surface area contributed by atoms with E-state index in [9.17, 15) is 29.4 Å². The zero-order valence-corrected chi connectivity index (χ0v) is 20.5. The molecule has 0 saturated carbocycles. The summed E-state index contributed by atoms with van der Waals surface area (Å²) in [6.07, 6.45) is 5.92. The highest BCUT2D eigenvalue weighted by Gasteiger charge is 2.32. The van der Waals surface area contributed by atoms with Gasteiger partial charge in [0.15, 0.2) is 6.04 Å². The highest BCUT2D eigenvalue weighted by molar-refractivity contribution is 5.94. The molecule has 15 heteroatoms. The van der Waals surface area contributed by atoms with E-state index in [1.807, 2.05) is 0 Å². The fourth-order valence-electron chi connectivity index (χ4n) is 3.51. The number of nitrogens with zero attached hydrogens (tertiary/aromatic N) is 2. The molecule has 2 heterocycles. The second kappa shape index (κ2) is 14.7. The van der Waals surface area contributed by atoms with Crippen molar-refractivity contribution in [1.82, 2.24) is 35.9 Å². The maximum absolute atomic E-state index is 13.2. The van der Waals surface area contributed by atoms with Gasteiger partial charge >= 0.3 is 5.97 Å². The lowest BCUT2D eigenvalue weighted by molar-refractivity contribution is -0.145. The topological polar surface area (TPSA) is 254 Å². The van der Waals surface area contributed by atoms with Crippen LogP contribution in [0.5, 0.6) is 0 Å². The number of amides is 3. The molecule has 37 heavy (non-hydrogen) atoms. The number of carbonyl (C=O) groups excluding carboxylic acids is 3. The van der Waals surface area contributed by atoms with Crippen LogP contribution in [0.25, 0.3) is 0 Å². The third kappa shape index (κ3) is 9.63. The lowest BCUT2D eigenvalue weighted by Crippen LogP contribution is -2.59. The first-order valence-electron chi connectivity index (χ1n) is 11.8. The number of rotatable bonds is 16. The van der Waals surface area contributed by atoms with E-state index in [1.54, 1.807) is 0 Å². The van der Waals surface area contributed by atoms with E-state index in [4.69, 9.17) is 11.5 Å². The molecular weight excluding hydrogens is 486 g/mol. The smallest absolute Gasteiger partial charge is 0.328 e. The molecule has 2 aromatic heterocycles. The van der Waals surface area contributed by atoms with Crippen molar-refractivity contribution in [2.45, 2.75) is 69.3 Å². The Morgan fingerprint density at radius 1 is 0.919 bits per heavy atom. The fourth-order valence-corrected chi connectivity index (χ4v) is 3.51. The van der Waals surface area contributed by atoms with Gasteiger partial charge in [-0.2, -0.15) is 0 Å². The Hall–Kier alpha value is -3.82. The van der Waals surface area contributed by atoms with Crippen LogP contribution in [-0.4, -0.2) is 90.7 Å². The van der Waals surface area contributed by atoms with Crippen molar-refractivity contribution < 1.29 is 29.4 Å². The number of aliphatic hydroxyl groups excluding tert-OH is 1. The largest absolute Gasteiger partial charge is 0.480 e. The van der Waals surface area contributed by atoms with Crippen molar-refractivity contribution in [3.05, 3.63) is 36.4 Å². The highest BCUT2D eigenvalue weighted by atomic mass is 16.4. The van der Waals surface area contributed by atoms with Gasteiger partial charge in [-0.1, -0.05) is 0 Å². The van der Waals surface area contributed by atoms with Crippen molar-refractivity contribution in [3.8, 4) is 0 Å². The van der Waals surface area contributed by atoms with Crippen LogP contribution in [0.15, 0.2) is 25.0 Å². The number of hydrogen-bond donors (Lipinski definition) is 9. The molecule has 15 nitrogen and oxygen atoms in total. The van der Waals surface area contributed by atoms with Gasteiger partial charge in [0.05, 0.1) is 24.8 Å².